The first-order valence-corrected chi connectivity index (χ1v) is 8.93. The molecule has 1 aliphatic rings. The molecule has 0 unspecified atom stereocenters. The van der Waals surface area contributed by atoms with Crippen molar-refractivity contribution in [1.29, 1.82) is 0 Å². The Morgan fingerprint density at radius 1 is 1.41 bits per heavy atom. The summed E-state index contributed by atoms with van der Waals surface area (Å²) in [5.41, 5.74) is -0.239. The zero-order valence-electron chi connectivity index (χ0n) is 15.4. The van der Waals surface area contributed by atoms with Gasteiger partial charge in [0.1, 0.15) is 27.7 Å². The number of amides is 2. The summed E-state index contributed by atoms with van der Waals surface area (Å²) in [7, 11) is 0. The lowest BCUT2D eigenvalue weighted by atomic mass is 10.1. The highest BCUT2D eigenvalue weighted by Gasteiger charge is 2.36. The molecule has 1 aromatic rings. The number of halogens is 2. The van der Waals surface area contributed by atoms with Gasteiger partial charge in [-0.15, -0.1) is 0 Å². The van der Waals surface area contributed by atoms with Gasteiger partial charge in [-0.1, -0.05) is 23.8 Å². The lowest BCUT2D eigenvalue weighted by molar-refractivity contribution is -0.126. The normalized spacial score (nSPS) is 15.0. The molecule has 0 aromatic heterocycles. The second kappa shape index (κ2) is 7.82. The van der Waals surface area contributed by atoms with Crippen molar-refractivity contribution in [2.75, 3.05) is 11.9 Å². The van der Waals surface area contributed by atoms with Crippen LogP contribution in [0.25, 0.3) is 0 Å². The van der Waals surface area contributed by atoms with Gasteiger partial charge >= 0.3 is 6.09 Å². The van der Waals surface area contributed by atoms with E-state index in [9.17, 15) is 19.1 Å². The quantitative estimate of drug-likeness (QED) is 0.693. The van der Waals surface area contributed by atoms with E-state index in [1.807, 2.05) is 0 Å². The van der Waals surface area contributed by atoms with E-state index in [0.717, 1.165) is 11.0 Å². The molecule has 27 heavy (non-hydrogen) atoms. The van der Waals surface area contributed by atoms with E-state index in [1.54, 1.807) is 27.7 Å². The molecule has 1 heterocycles. The van der Waals surface area contributed by atoms with Gasteiger partial charge in [0.25, 0.3) is 5.91 Å². The minimum absolute atomic E-state index is 0.0312. The molecule has 1 aromatic carbocycles. The van der Waals surface area contributed by atoms with Crippen LogP contribution in [0.5, 0.6) is 0 Å². The topological polar surface area (TPSA) is 78.9 Å². The Morgan fingerprint density at radius 2 is 2.04 bits per heavy atom. The molecule has 0 aliphatic carbocycles. The number of benzene rings is 1. The Hall–Kier alpha value is -2.19. The first kappa shape index (κ1) is 21.1. The van der Waals surface area contributed by atoms with E-state index in [0.29, 0.717) is 5.56 Å². The van der Waals surface area contributed by atoms with Gasteiger partial charge < -0.3 is 15.2 Å². The summed E-state index contributed by atoms with van der Waals surface area (Å²) in [5, 5.41) is 13.1. The molecule has 1 aliphatic heterocycles. The van der Waals surface area contributed by atoms with Gasteiger partial charge in [0.2, 0.25) is 0 Å². The summed E-state index contributed by atoms with van der Waals surface area (Å²) >= 11 is 11.2. The van der Waals surface area contributed by atoms with E-state index >= 15 is 0 Å². The van der Waals surface area contributed by atoms with Crippen LogP contribution < -0.4 is 5.32 Å². The van der Waals surface area contributed by atoms with Crippen LogP contribution in [0.1, 0.15) is 32.8 Å². The highest BCUT2D eigenvalue weighted by atomic mass is 35.5. The number of thiocarbonyl (C=S) groups is 1. The molecule has 2 rings (SSSR count). The number of rotatable bonds is 2. The lowest BCUT2D eigenvalue weighted by Gasteiger charge is -2.30. The number of carbonyl (C=O) groups excluding carboxylic acids is 2. The summed E-state index contributed by atoms with van der Waals surface area (Å²) in [4.78, 5) is 25.7. The number of nitrogens with zero attached hydrogens (tertiary/aromatic N) is 1. The number of carbonyl (C=O) groups is 2. The fraction of sp³-hybridized carbons (Fsp3) is 0.389. The highest BCUT2D eigenvalue weighted by molar-refractivity contribution is 7.81. The van der Waals surface area contributed by atoms with E-state index < -0.39 is 23.4 Å². The minimum Gasteiger partial charge on any atom is -0.511 e. The van der Waals surface area contributed by atoms with Crippen LogP contribution in [0.3, 0.4) is 0 Å². The number of nitrogens with one attached hydrogen (secondary N) is 1. The third-order valence-electron chi connectivity index (χ3n) is 3.72. The van der Waals surface area contributed by atoms with Crippen LogP contribution in [-0.4, -0.2) is 39.1 Å². The van der Waals surface area contributed by atoms with E-state index in [2.05, 4.69) is 5.32 Å². The van der Waals surface area contributed by atoms with Gasteiger partial charge in [0.15, 0.2) is 0 Å². The molecule has 0 fully saturated rings. The number of hydrogen-bond donors (Lipinski definition) is 2. The molecule has 9 heteroatoms. The monoisotopic (exact) mass is 414 g/mol. The number of anilines is 1. The van der Waals surface area contributed by atoms with Crippen molar-refractivity contribution in [3.63, 3.8) is 0 Å². The number of hydrogen-bond acceptors (Lipinski definition) is 5. The fourth-order valence-electron chi connectivity index (χ4n) is 2.38. The summed E-state index contributed by atoms with van der Waals surface area (Å²) in [5.74, 6) is -1.62. The maximum absolute atomic E-state index is 13.6. The smallest absolute Gasteiger partial charge is 0.417 e. The number of imide groups is 1. The number of ether oxygens (including phenoxy) is 1. The standard InChI is InChI=1S/C18H20ClFN2O4S/c1-9-11(19)7-10(20)8-12(9)21-15(27)14-13(23)5-6-22(16(14)24)17(25)26-18(2,3)4/h7-8,23H,5-6H2,1-4H3,(H,21,27). The Labute approximate surface area is 166 Å². The molecule has 0 spiro atoms. The number of aliphatic hydroxyl groups is 1. The molecular weight excluding hydrogens is 395 g/mol. The molecule has 0 atom stereocenters. The second-order valence-corrected chi connectivity index (χ2v) is 7.84. The van der Waals surface area contributed by atoms with Gasteiger partial charge in [0.05, 0.1) is 0 Å². The summed E-state index contributed by atoms with van der Waals surface area (Å²) in [6.07, 6.45) is -0.796. The summed E-state index contributed by atoms with van der Waals surface area (Å²) < 4.78 is 18.8. The van der Waals surface area contributed by atoms with Crippen molar-refractivity contribution in [2.45, 2.75) is 39.7 Å². The third-order valence-corrected chi connectivity index (χ3v) is 4.42. The van der Waals surface area contributed by atoms with Crippen molar-refractivity contribution in [3.05, 3.63) is 39.9 Å². The lowest BCUT2D eigenvalue weighted by Crippen LogP contribution is -2.46. The van der Waals surface area contributed by atoms with Crippen LogP contribution >= 0.6 is 23.8 Å². The molecule has 0 radical (unpaired) electrons. The maximum atomic E-state index is 13.6. The molecule has 2 N–H and O–H groups in total. The molecule has 6 nitrogen and oxygen atoms in total. The first-order chi connectivity index (χ1) is 12.4. The summed E-state index contributed by atoms with van der Waals surface area (Å²) in [6.45, 7) is 6.65. The molecule has 0 saturated carbocycles. The Balaban J connectivity index is 2.27. The average Bonchev–Trinajstić information content (AvgIpc) is 2.50. The predicted octanol–water partition coefficient (Wildman–Crippen LogP) is 4.51. The van der Waals surface area contributed by atoms with Crippen molar-refractivity contribution < 1.29 is 23.8 Å². The van der Waals surface area contributed by atoms with Crippen LogP contribution in [-0.2, 0) is 9.53 Å². The maximum Gasteiger partial charge on any atom is 0.417 e. The third kappa shape index (κ3) is 4.95. The molecule has 0 saturated heterocycles. The van der Waals surface area contributed by atoms with Gasteiger partial charge in [0, 0.05) is 23.7 Å². The van der Waals surface area contributed by atoms with Crippen LogP contribution in [0, 0.1) is 12.7 Å². The first-order valence-electron chi connectivity index (χ1n) is 8.14. The van der Waals surface area contributed by atoms with Crippen molar-refractivity contribution >= 4 is 46.5 Å². The van der Waals surface area contributed by atoms with Gasteiger partial charge in [-0.25, -0.2) is 14.1 Å². The van der Waals surface area contributed by atoms with E-state index in [-0.39, 0.29) is 40.0 Å². The SMILES string of the molecule is Cc1c(Cl)cc(F)cc1NC(=S)C1=C(O)CCN(C(=O)OC(C)(C)C)C1=O. The predicted molar refractivity (Wildman–Crippen MR) is 105 cm³/mol. The van der Waals surface area contributed by atoms with Crippen LogP contribution in [0.2, 0.25) is 5.02 Å². The van der Waals surface area contributed by atoms with Crippen molar-refractivity contribution in [1.82, 2.24) is 4.90 Å². The fourth-order valence-corrected chi connectivity index (χ4v) is 2.90. The molecular formula is C18H20ClFN2O4S. The van der Waals surface area contributed by atoms with Gasteiger partial charge in [-0.3, -0.25) is 4.79 Å². The second-order valence-electron chi connectivity index (χ2n) is 7.02. The van der Waals surface area contributed by atoms with Crippen LogP contribution in [0.4, 0.5) is 14.9 Å². The molecule has 146 valence electrons. The molecule has 2 amide bonds. The Morgan fingerprint density at radius 3 is 2.63 bits per heavy atom. The minimum atomic E-state index is -0.828. The van der Waals surface area contributed by atoms with Crippen molar-refractivity contribution in [3.8, 4) is 0 Å². The largest absolute Gasteiger partial charge is 0.511 e. The number of aliphatic hydroxyl groups excluding tert-OH is 1. The molecule has 0 bridgehead atoms. The zero-order valence-corrected chi connectivity index (χ0v) is 16.9. The average molecular weight is 415 g/mol. The van der Waals surface area contributed by atoms with Crippen LogP contribution in [0.15, 0.2) is 23.5 Å². The Bertz CT molecular complexity index is 848. The van der Waals surface area contributed by atoms with E-state index in [4.69, 9.17) is 28.6 Å². The Kier molecular flexibility index (Phi) is 6.11. The summed E-state index contributed by atoms with van der Waals surface area (Å²) in [6, 6.07) is 2.32. The van der Waals surface area contributed by atoms with E-state index in [1.165, 1.54) is 6.07 Å². The highest BCUT2D eigenvalue weighted by Crippen LogP contribution is 2.27. The van der Waals surface area contributed by atoms with Crippen molar-refractivity contribution in [2.24, 2.45) is 0 Å². The van der Waals surface area contributed by atoms with Gasteiger partial charge in [-0.05, 0) is 45.4 Å². The van der Waals surface area contributed by atoms with Gasteiger partial charge in [-0.2, -0.15) is 0 Å². The zero-order chi connectivity index (χ0) is 20.5.